The molecule has 24 heavy (non-hydrogen) atoms. The van der Waals surface area contributed by atoms with E-state index in [1.54, 1.807) is 0 Å². The van der Waals surface area contributed by atoms with Crippen molar-refractivity contribution in [2.24, 2.45) is 0 Å². The largest absolute Gasteiger partial charge is 0.508 e. The average Bonchev–Trinajstić information content (AvgIpc) is 2.52. The molecule has 8 heteroatoms. The third kappa shape index (κ3) is 3.91. The number of hydrogen-bond acceptors (Lipinski definition) is 7. The maximum atomic E-state index is 11.9. The van der Waals surface area contributed by atoms with Crippen LogP contribution >= 0.6 is 0 Å². The minimum absolute atomic E-state index is 0.0586. The van der Waals surface area contributed by atoms with Gasteiger partial charge in [-0.05, 0) is 23.8 Å². The highest BCUT2D eigenvalue weighted by Crippen LogP contribution is 2.33. The fourth-order valence-corrected chi connectivity index (χ4v) is 2.53. The van der Waals surface area contributed by atoms with Crippen molar-refractivity contribution in [3.05, 3.63) is 35.9 Å². The van der Waals surface area contributed by atoms with Crippen molar-refractivity contribution in [1.29, 1.82) is 0 Å². The van der Waals surface area contributed by atoms with Gasteiger partial charge in [-0.1, -0.05) is 12.1 Å². The zero-order valence-electron chi connectivity index (χ0n) is 12.6. The summed E-state index contributed by atoms with van der Waals surface area (Å²) in [6.45, 7) is 0. The van der Waals surface area contributed by atoms with E-state index in [1.807, 2.05) is 0 Å². The number of carbonyl (C=O) groups excluding carboxylic acids is 1. The Morgan fingerprint density at radius 1 is 1.08 bits per heavy atom. The van der Waals surface area contributed by atoms with Crippen LogP contribution in [0.1, 0.15) is 18.4 Å². The minimum atomic E-state index is -2.12. The van der Waals surface area contributed by atoms with Gasteiger partial charge in [0.1, 0.15) is 11.9 Å². The van der Waals surface area contributed by atoms with E-state index in [9.17, 15) is 30.0 Å². The Labute approximate surface area is 137 Å². The highest BCUT2D eigenvalue weighted by Gasteiger charge is 2.52. The molecule has 1 aliphatic carbocycles. The van der Waals surface area contributed by atoms with Crippen LogP contribution < -0.4 is 0 Å². The van der Waals surface area contributed by atoms with E-state index in [1.165, 1.54) is 30.3 Å². The molecule has 0 unspecified atom stereocenters. The predicted octanol–water partition coefficient (Wildman–Crippen LogP) is -0.352. The van der Waals surface area contributed by atoms with E-state index < -0.39 is 48.7 Å². The van der Waals surface area contributed by atoms with Gasteiger partial charge in [-0.25, -0.2) is 9.59 Å². The van der Waals surface area contributed by atoms with Crippen molar-refractivity contribution in [1.82, 2.24) is 0 Å². The second-order valence-electron chi connectivity index (χ2n) is 5.68. The number of carbonyl (C=O) groups is 2. The van der Waals surface area contributed by atoms with Gasteiger partial charge in [-0.3, -0.25) is 0 Å². The summed E-state index contributed by atoms with van der Waals surface area (Å²) in [5.41, 5.74) is -1.54. The first-order valence-corrected chi connectivity index (χ1v) is 7.21. The van der Waals surface area contributed by atoms with Crippen LogP contribution in [0.4, 0.5) is 0 Å². The van der Waals surface area contributed by atoms with Crippen LogP contribution in [0.2, 0.25) is 0 Å². The number of esters is 1. The van der Waals surface area contributed by atoms with Crippen LogP contribution in [0.15, 0.2) is 30.3 Å². The number of aromatic hydroxyl groups is 1. The van der Waals surface area contributed by atoms with Crippen molar-refractivity contribution in [2.75, 3.05) is 0 Å². The monoisotopic (exact) mass is 338 g/mol. The number of benzene rings is 1. The molecule has 0 spiro atoms. The number of phenols is 1. The maximum absolute atomic E-state index is 11.9. The topological polar surface area (TPSA) is 145 Å². The Morgan fingerprint density at radius 2 is 1.62 bits per heavy atom. The lowest BCUT2D eigenvalue weighted by atomic mass is 9.79. The van der Waals surface area contributed by atoms with Crippen LogP contribution in [-0.4, -0.2) is 61.4 Å². The highest BCUT2D eigenvalue weighted by molar-refractivity contribution is 5.90. The van der Waals surface area contributed by atoms with E-state index in [0.717, 1.165) is 6.08 Å². The SMILES string of the molecule is O=C(/C=C/c1ccc(O)cc1)OC1(C(=O)O)C[C@H](O)C(O)[C@@H](O)C1. The number of aliphatic hydroxyl groups is 3. The Hall–Kier alpha value is -2.42. The van der Waals surface area contributed by atoms with Crippen molar-refractivity contribution < 1.29 is 39.9 Å². The summed E-state index contributed by atoms with van der Waals surface area (Å²) in [5, 5.41) is 47.4. The summed E-state index contributed by atoms with van der Waals surface area (Å²) in [6, 6.07) is 5.91. The molecule has 2 rings (SSSR count). The third-order valence-corrected chi connectivity index (χ3v) is 3.86. The van der Waals surface area contributed by atoms with Crippen LogP contribution in [-0.2, 0) is 14.3 Å². The molecule has 1 aromatic rings. The fourth-order valence-electron chi connectivity index (χ4n) is 2.53. The smallest absolute Gasteiger partial charge is 0.348 e. The van der Waals surface area contributed by atoms with Gasteiger partial charge in [0.05, 0.1) is 12.2 Å². The van der Waals surface area contributed by atoms with E-state index in [2.05, 4.69) is 0 Å². The summed E-state index contributed by atoms with van der Waals surface area (Å²) < 4.78 is 4.97. The molecule has 1 aliphatic rings. The summed E-state index contributed by atoms with van der Waals surface area (Å²) in [6.07, 6.45) is -3.25. The van der Waals surface area contributed by atoms with Gasteiger partial charge in [0.25, 0.3) is 0 Å². The maximum Gasteiger partial charge on any atom is 0.348 e. The van der Waals surface area contributed by atoms with Crippen LogP contribution in [0, 0.1) is 0 Å². The number of aliphatic carboxylic acids is 1. The number of rotatable bonds is 4. The van der Waals surface area contributed by atoms with E-state index in [0.29, 0.717) is 5.56 Å². The van der Waals surface area contributed by atoms with Gasteiger partial charge in [0.2, 0.25) is 5.60 Å². The van der Waals surface area contributed by atoms with Gasteiger partial charge in [0, 0.05) is 18.9 Å². The lowest BCUT2D eigenvalue weighted by Crippen LogP contribution is -2.57. The number of phenolic OH excluding ortho intramolecular Hbond substituents is 1. The standard InChI is InChI=1S/C16H18O8/c17-10-4-1-9(2-5-10)3-6-13(20)24-16(15(22)23)7-11(18)14(21)12(19)8-16/h1-6,11-12,14,17-19,21H,7-8H2,(H,22,23)/b6-3+/t11-,12-,14?,16?/m0/s1. The molecular formula is C16H18O8. The molecule has 0 heterocycles. The Kier molecular flexibility index (Phi) is 5.23. The molecule has 8 nitrogen and oxygen atoms in total. The van der Waals surface area contributed by atoms with Crippen molar-refractivity contribution in [3.8, 4) is 5.75 Å². The van der Waals surface area contributed by atoms with E-state index in [4.69, 9.17) is 9.84 Å². The Bertz CT molecular complexity index is 624. The number of carboxylic acid groups (broad SMARTS) is 1. The number of ether oxygens (including phenoxy) is 1. The Balaban J connectivity index is 2.11. The van der Waals surface area contributed by atoms with Crippen LogP contribution in [0.3, 0.4) is 0 Å². The molecule has 5 N–H and O–H groups in total. The third-order valence-electron chi connectivity index (χ3n) is 3.86. The number of hydrogen-bond donors (Lipinski definition) is 5. The first kappa shape index (κ1) is 17.9. The van der Waals surface area contributed by atoms with Gasteiger partial charge in [-0.2, -0.15) is 0 Å². The molecular weight excluding hydrogens is 320 g/mol. The average molecular weight is 338 g/mol. The van der Waals surface area contributed by atoms with E-state index >= 15 is 0 Å². The van der Waals surface area contributed by atoms with E-state index in [-0.39, 0.29) is 5.75 Å². The van der Waals surface area contributed by atoms with Crippen molar-refractivity contribution >= 4 is 18.0 Å². The second kappa shape index (κ2) is 7.00. The van der Waals surface area contributed by atoms with Gasteiger partial charge < -0.3 is 30.3 Å². The molecule has 1 aromatic carbocycles. The minimum Gasteiger partial charge on any atom is -0.508 e. The quantitative estimate of drug-likeness (QED) is 0.370. The van der Waals surface area contributed by atoms with Gasteiger partial charge >= 0.3 is 11.9 Å². The van der Waals surface area contributed by atoms with Gasteiger partial charge in [0.15, 0.2) is 0 Å². The van der Waals surface area contributed by atoms with Crippen LogP contribution in [0.5, 0.6) is 5.75 Å². The lowest BCUT2D eigenvalue weighted by molar-refractivity contribution is -0.201. The van der Waals surface area contributed by atoms with Crippen molar-refractivity contribution in [3.63, 3.8) is 0 Å². The Morgan fingerprint density at radius 3 is 2.12 bits per heavy atom. The lowest BCUT2D eigenvalue weighted by Gasteiger charge is -2.39. The number of carboxylic acids is 1. The van der Waals surface area contributed by atoms with Gasteiger partial charge in [-0.15, -0.1) is 0 Å². The summed E-state index contributed by atoms with van der Waals surface area (Å²) in [4.78, 5) is 23.4. The fraction of sp³-hybridized carbons (Fsp3) is 0.375. The molecule has 0 radical (unpaired) electrons. The normalized spacial score (nSPS) is 30.2. The molecule has 1 fully saturated rings. The summed E-state index contributed by atoms with van der Waals surface area (Å²) >= 11 is 0. The summed E-state index contributed by atoms with van der Waals surface area (Å²) in [7, 11) is 0. The molecule has 0 amide bonds. The first-order valence-electron chi connectivity index (χ1n) is 7.21. The molecule has 0 bridgehead atoms. The molecule has 0 aromatic heterocycles. The second-order valence-corrected chi connectivity index (χ2v) is 5.68. The number of aliphatic hydroxyl groups excluding tert-OH is 3. The molecule has 2 atom stereocenters. The van der Waals surface area contributed by atoms with Crippen molar-refractivity contribution in [2.45, 2.75) is 36.8 Å². The first-order chi connectivity index (χ1) is 11.2. The zero-order valence-corrected chi connectivity index (χ0v) is 12.6. The molecule has 0 saturated heterocycles. The summed E-state index contributed by atoms with van der Waals surface area (Å²) in [5.74, 6) is -2.43. The van der Waals surface area contributed by atoms with Crippen LogP contribution in [0.25, 0.3) is 6.08 Å². The predicted molar refractivity (Wildman–Crippen MR) is 80.9 cm³/mol. The zero-order chi connectivity index (χ0) is 17.9. The molecule has 130 valence electrons. The highest BCUT2D eigenvalue weighted by atomic mass is 16.6. The molecule has 1 saturated carbocycles. The molecule has 0 aliphatic heterocycles.